The van der Waals surface area contributed by atoms with Crippen LogP contribution in [0.15, 0.2) is 23.0 Å². The Morgan fingerprint density at radius 3 is 2.69 bits per heavy atom. The average molecular weight is 176 g/mol. The van der Waals surface area contributed by atoms with Crippen molar-refractivity contribution in [1.82, 2.24) is 20.1 Å². The Balaban J connectivity index is 2.15. The molecule has 0 saturated carbocycles. The van der Waals surface area contributed by atoms with Crippen LogP contribution in [0.5, 0.6) is 0 Å². The monoisotopic (exact) mass is 176 g/mol. The average Bonchev–Trinajstić information content (AvgIpc) is 2.53. The van der Waals surface area contributed by atoms with Gasteiger partial charge in [-0.25, -0.2) is 9.97 Å². The minimum absolute atomic E-state index is 0.488. The summed E-state index contributed by atoms with van der Waals surface area (Å²) >= 11 is 0. The van der Waals surface area contributed by atoms with Gasteiger partial charge in [0.2, 0.25) is 5.89 Å². The zero-order chi connectivity index (χ0) is 9.10. The van der Waals surface area contributed by atoms with Gasteiger partial charge in [0.25, 0.3) is 0 Å². The maximum absolute atomic E-state index is 4.93. The van der Waals surface area contributed by atoms with Gasteiger partial charge in [0.15, 0.2) is 5.82 Å². The van der Waals surface area contributed by atoms with Gasteiger partial charge in [0.1, 0.15) is 5.82 Å². The van der Waals surface area contributed by atoms with Gasteiger partial charge in [0.05, 0.1) is 6.42 Å². The fourth-order valence-electron chi connectivity index (χ4n) is 0.968. The third kappa shape index (κ3) is 1.87. The zero-order valence-electron chi connectivity index (χ0n) is 7.14. The summed E-state index contributed by atoms with van der Waals surface area (Å²) in [5, 5.41) is 3.67. The number of nitrogens with zero attached hydrogens (tertiary/aromatic N) is 4. The minimum Gasteiger partial charge on any atom is -0.339 e. The van der Waals surface area contributed by atoms with Crippen molar-refractivity contribution < 1.29 is 4.52 Å². The van der Waals surface area contributed by atoms with Crippen LogP contribution < -0.4 is 0 Å². The van der Waals surface area contributed by atoms with Crippen molar-refractivity contribution in [3.8, 4) is 0 Å². The van der Waals surface area contributed by atoms with E-state index in [0.29, 0.717) is 24.0 Å². The van der Waals surface area contributed by atoms with Crippen LogP contribution in [-0.2, 0) is 6.42 Å². The lowest BCUT2D eigenvalue weighted by Gasteiger charge is -1.91. The van der Waals surface area contributed by atoms with Crippen LogP contribution in [-0.4, -0.2) is 20.1 Å². The van der Waals surface area contributed by atoms with Crippen molar-refractivity contribution in [2.75, 3.05) is 0 Å². The third-order valence-electron chi connectivity index (χ3n) is 1.50. The summed E-state index contributed by atoms with van der Waals surface area (Å²) < 4.78 is 4.93. The Labute approximate surface area is 74.8 Å². The summed E-state index contributed by atoms with van der Waals surface area (Å²) in [6, 6.07) is 1.77. The molecule has 0 radical (unpaired) electrons. The Hall–Kier alpha value is -1.78. The van der Waals surface area contributed by atoms with E-state index in [1.165, 1.54) is 0 Å². The van der Waals surface area contributed by atoms with Gasteiger partial charge in [0, 0.05) is 12.4 Å². The van der Waals surface area contributed by atoms with Crippen LogP contribution in [0.4, 0.5) is 0 Å². The predicted molar refractivity (Wildman–Crippen MR) is 43.9 cm³/mol. The molecular weight excluding hydrogens is 168 g/mol. The van der Waals surface area contributed by atoms with Gasteiger partial charge in [-0.3, -0.25) is 0 Å². The first-order valence-electron chi connectivity index (χ1n) is 3.89. The van der Waals surface area contributed by atoms with E-state index in [9.17, 15) is 0 Å². The Kier molecular flexibility index (Phi) is 1.99. The molecule has 0 spiro atoms. The van der Waals surface area contributed by atoms with Crippen LogP contribution in [0.2, 0.25) is 0 Å². The van der Waals surface area contributed by atoms with E-state index in [1.54, 1.807) is 25.4 Å². The first kappa shape index (κ1) is 7.85. The fourth-order valence-corrected chi connectivity index (χ4v) is 0.968. The van der Waals surface area contributed by atoms with Gasteiger partial charge in [-0.15, -0.1) is 0 Å². The molecule has 0 aromatic carbocycles. The van der Waals surface area contributed by atoms with Gasteiger partial charge in [-0.1, -0.05) is 5.16 Å². The lowest BCUT2D eigenvalue weighted by Crippen LogP contribution is -1.94. The molecule has 2 heterocycles. The zero-order valence-corrected chi connectivity index (χ0v) is 7.14. The van der Waals surface area contributed by atoms with Gasteiger partial charge in [-0.2, -0.15) is 4.98 Å². The van der Waals surface area contributed by atoms with Crippen LogP contribution in [0.25, 0.3) is 0 Å². The highest BCUT2D eigenvalue weighted by atomic mass is 16.5. The lowest BCUT2D eigenvalue weighted by atomic mass is 10.4. The molecule has 0 saturated heterocycles. The normalized spacial score (nSPS) is 10.2. The first-order valence-corrected chi connectivity index (χ1v) is 3.89. The van der Waals surface area contributed by atoms with Crippen molar-refractivity contribution in [3.05, 3.63) is 36.0 Å². The molecule has 0 aliphatic heterocycles. The molecule has 5 nitrogen and oxygen atoms in total. The quantitative estimate of drug-likeness (QED) is 0.675. The second-order valence-electron chi connectivity index (χ2n) is 2.58. The fraction of sp³-hybridized carbons (Fsp3) is 0.250. The molecular formula is C8H8N4O. The highest BCUT2D eigenvalue weighted by molar-refractivity contribution is 4.97. The standard InChI is InChI=1S/C8H8N4O/c1-6-11-8(13-12-6)5-7-9-3-2-4-10-7/h2-4H,5H2,1H3. The molecule has 0 aliphatic carbocycles. The Bertz CT molecular complexity index is 384. The van der Waals surface area contributed by atoms with Crippen molar-refractivity contribution in [2.45, 2.75) is 13.3 Å². The molecule has 0 fully saturated rings. The number of rotatable bonds is 2. The maximum atomic E-state index is 4.93. The van der Waals surface area contributed by atoms with E-state index < -0.39 is 0 Å². The van der Waals surface area contributed by atoms with Gasteiger partial charge < -0.3 is 4.52 Å². The van der Waals surface area contributed by atoms with Crippen molar-refractivity contribution in [3.63, 3.8) is 0 Å². The van der Waals surface area contributed by atoms with Crippen LogP contribution in [0.3, 0.4) is 0 Å². The van der Waals surface area contributed by atoms with E-state index in [0.717, 1.165) is 0 Å². The second-order valence-corrected chi connectivity index (χ2v) is 2.58. The third-order valence-corrected chi connectivity index (χ3v) is 1.50. The Morgan fingerprint density at radius 1 is 1.31 bits per heavy atom. The number of aromatic nitrogens is 4. The van der Waals surface area contributed by atoms with Crippen molar-refractivity contribution in [2.24, 2.45) is 0 Å². The van der Waals surface area contributed by atoms with Gasteiger partial charge in [-0.05, 0) is 13.0 Å². The molecule has 0 aliphatic rings. The second kappa shape index (κ2) is 3.30. The summed E-state index contributed by atoms with van der Waals surface area (Å²) in [5.41, 5.74) is 0. The number of hydrogen-bond donors (Lipinski definition) is 0. The lowest BCUT2D eigenvalue weighted by molar-refractivity contribution is 0.379. The summed E-state index contributed by atoms with van der Waals surface area (Å²) in [5.74, 6) is 1.86. The predicted octanol–water partition coefficient (Wildman–Crippen LogP) is 0.759. The summed E-state index contributed by atoms with van der Waals surface area (Å²) in [6.45, 7) is 1.78. The van der Waals surface area contributed by atoms with E-state index in [4.69, 9.17) is 4.52 Å². The molecule has 2 aromatic heterocycles. The van der Waals surface area contributed by atoms with Crippen molar-refractivity contribution >= 4 is 0 Å². The van der Waals surface area contributed by atoms with E-state index in [-0.39, 0.29) is 0 Å². The van der Waals surface area contributed by atoms with Crippen LogP contribution >= 0.6 is 0 Å². The van der Waals surface area contributed by atoms with Crippen LogP contribution in [0.1, 0.15) is 17.5 Å². The number of aryl methyl sites for hydroxylation is 1. The topological polar surface area (TPSA) is 64.7 Å². The SMILES string of the molecule is Cc1noc(Cc2ncccn2)n1. The molecule has 2 aromatic rings. The molecule has 2 rings (SSSR count). The molecule has 5 heteroatoms. The first-order chi connectivity index (χ1) is 6.34. The highest BCUT2D eigenvalue weighted by Gasteiger charge is 2.04. The smallest absolute Gasteiger partial charge is 0.234 e. The summed E-state index contributed by atoms with van der Waals surface area (Å²) in [6.07, 6.45) is 3.86. The van der Waals surface area contributed by atoms with E-state index in [1.807, 2.05) is 0 Å². The summed E-state index contributed by atoms with van der Waals surface area (Å²) in [7, 11) is 0. The highest BCUT2D eigenvalue weighted by Crippen LogP contribution is 2.01. The maximum Gasteiger partial charge on any atom is 0.234 e. The molecule has 0 amide bonds. The van der Waals surface area contributed by atoms with E-state index >= 15 is 0 Å². The number of hydrogen-bond acceptors (Lipinski definition) is 5. The van der Waals surface area contributed by atoms with E-state index in [2.05, 4.69) is 20.1 Å². The molecule has 13 heavy (non-hydrogen) atoms. The molecule has 0 N–H and O–H groups in total. The molecule has 0 bridgehead atoms. The Morgan fingerprint density at radius 2 is 2.08 bits per heavy atom. The molecule has 66 valence electrons. The molecule has 0 unspecified atom stereocenters. The molecule has 0 atom stereocenters. The minimum atomic E-state index is 0.488. The van der Waals surface area contributed by atoms with Gasteiger partial charge >= 0.3 is 0 Å². The largest absolute Gasteiger partial charge is 0.339 e. The van der Waals surface area contributed by atoms with Crippen molar-refractivity contribution in [1.29, 1.82) is 0 Å². The summed E-state index contributed by atoms with van der Waals surface area (Å²) in [4.78, 5) is 12.1. The van der Waals surface area contributed by atoms with Crippen LogP contribution in [0, 0.1) is 6.92 Å².